The number of nitrogens with zero attached hydrogens (tertiary/aromatic N) is 1. The van der Waals surface area contributed by atoms with Gasteiger partial charge in [-0.2, -0.15) is 5.26 Å². The van der Waals surface area contributed by atoms with Gasteiger partial charge in [0.05, 0.1) is 18.7 Å². The Bertz CT molecular complexity index is 440. The highest BCUT2D eigenvalue weighted by atomic mass is 16.5. The van der Waals surface area contributed by atoms with Crippen LogP contribution in [0.4, 0.5) is 4.79 Å². The number of aliphatic hydroxyl groups is 1. The molecular formula is C11H12N2O4. The van der Waals surface area contributed by atoms with Gasteiger partial charge in [0.25, 0.3) is 0 Å². The van der Waals surface area contributed by atoms with Gasteiger partial charge in [0.1, 0.15) is 18.4 Å². The van der Waals surface area contributed by atoms with Gasteiger partial charge in [-0.25, -0.2) is 4.79 Å². The third-order valence-electron chi connectivity index (χ3n) is 1.98. The van der Waals surface area contributed by atoms with Crippen molar-refractivity contribution in [3.8, 4) is 11.8 Å². The first-order chi connectivity index (χ1) is 8.17. The van der Waals surface area contributed by atoms with E-state index < -0.39 is 6.09 Å². The summed E-state index contributed by atoms with van der Waals surface area (Å²) in [4.78, 5) is 10.2. The summed E-state index contributed by atoms with van der Waals surface area (Å²) in [6.45, 7) is 0.106. The fraction of sp³-hybridized carbons (Fsp3) is 0.273. The zero-order valence-electron chi connectivity index (χ0n) is 9.01. The van der Waals surface area contributed by atoms with Gasteiger partial charge in [-0.15, -0.1) is 0 Å². The molecule has 0 aliphatic carbocycles. The second-order valence-corrected chi connectivity index (χ2v) is 3.18. The van der Waals surface area contributed by atoms with Crippen LogP contribution < -0.4 is 10.1 Å². The van der Waals surface area contributed by atoms with Crippen molar-refractivity contribution in [3.63, 3.8) is 0 Å². The lowest BCUT2D eigenvalue weighted by Crippen LogP contribution is -2.26. The van der Waals surface area contributed by atoms with E-state index in [1.807, 2.05) is 6.07 Å². The summed E-state index contributed by atoms with van der Waals surface area (Å²) in [6.07, 6.45) is -1.13. The Labute approximate surface area is 98.1 Å². The van der Waals surface area contributed by atoms with E-state index in [-0.39, 0.29) is 19.8 Å². The first kappa shape index (κ1) is 12.8. The summed E-state index contributed by atoms with van der Waals surface area (Å²) < 4.78 is 5.26. The Kier molecular flexibility index (Phi) is 4.78. The van der Waals surface area contributed by atoms with E-state index in [0.717, 1.165) is 0 Å². The summed E-state index contributed by atoms with van der Waals surface area (Å²) in [6, 6.07) is 6.68. The van der Waals surface area contributed by atoms with E-state index in [1.54, 1.807) is 18.2 Å². The number of hydrogen-bond acceptors (Lipinski definition) is 4. The van der Waals surface area contributed by atoms with E-state index in [2.05, 4.69) is 5.32 Å². The van der Waals surface area contributed by atoms with E-state index in [4.69, 9.17) is 20.2 Å². The van der Waals surface area contributed by atoms with Gasteiger partial charge in [-0.3, -0.25) is 0 Å². The topological polar surface area (TPSA) is 103 Å². The smallest absolute Gasteiger partial charge is 0.404 e. The van der Waals surface area contributed by atoms with Gasteiger partial charge >= 0.3 is 6.09 Å². The number of benzene rings is 1. The summed E-state index contributed by atoms with van der Waals surface area (Å²) in [5, 5.41) is 28.2. The Balaban J connectivity index is 2.62. The highest BCUT2D eigenvalue weighted by Crippen LogP contribution is 2.19. The number of carbonyl (C=O) groups is 1. The number of carboxylic acid groups (broad SMARTS) is 1. The largest absolute Gasteiger partial charge is 0.490 e. The van der Waals surface area contributed by atoms with E-state index in [9.17, 15) is 4.79 Å². The molecular weight excluding hydrogens is 224 g/mol. The van der Waals surface area contributed by atoms with Gasteiger partial charge in [-0.05, 0) is 17.7 Å². The molecule has 6 nitrogen and oxygen atoms in total. The second kappa shape index (κ2) is 6.35. The minimum Gasteiger partial charge on any atom is -0.490 e. The average Bonchev–Trinajstić information content (AvgIpc) is 2.34. The number of nitriles is 1. The minimum atomic E-state index is -1.13. The van der Waals surface area contributed by atoms with Crippen molar-refractivity contribution in [2.24, 2.45) is 0 Å². The number of hydrogen-bond donors (Lipinski definition) is 3. The molecule has 6 heteroatoms. The fourth-order valence-corrected chi connectivity index (χ4v) is 1.20. The van der Waals surface area contributed by atoms with Crippen molar-refractivity contribution in [1.29, 1.82) is 5.26 Å². The second-order valence-electron chi connectivity index (χ2n) is 3.18. The lowest BCUT2D eigenvalue weighted by atomic mass is 10.1. The minimum absolute atomic E-state index is 0.121. The van der Waals surface area contributed by atoms with Crippen molar-refractivity contribution in [2.45, 2.75) is 6.61 Å². The van der Waals surface area contributed by atoms with Crippen LogP contribution in [0.5, 0.6) is 5.75 Å². The molecule has 0 aliphatic heterocycles. The van der Waals surface area contributed by atoms with Crippen LogP contribution in [0.25, 0.3) is 0 Å². The quantitative estimate of drug-likeness (QED) is 0.653. The molecule has 0 heterocycles. The molecule has 0 bridgehead atoms. The molecule has 0 aromatic heterocycles. The lowest BCUT2D eigenvalue weighted by Gasteiger charge is -2.08. The molecule has 0 radical (unpaired) electrons. The molecule has 0 aliphatic rings. The van der Waals surface area contributed by atoms with Crippen LogP contribution in [0.3, 0.4) is 0 Å². The Hall–Kier alpha value is -2.26. The molecule has 17 heavy (non-hydrogen) atoms. The molecule has 0 saturated carbocycles. The number of aliphatic hydroxyl groups excluding tert-OH is 1. The predicted molar refractivity (Wildman–Crippen MR) is 58.6 cm³/mol. The SMILES string of the molecule is N#Cc1ccc(CO)cc1OCCNC(=O)O. The molecule has 0 spiro atoms. The van der Waals surface area contributed by atoms with Crippen molar-refractivity contribution < 1.29 is 19.7 Å². The van der Waals surface area contributed by atoms with Gasteiger partial charge in [0.2, 0.25) is 0 Å². The molecule has 0 fully saturated rings. The zero-order valence-corrected chi connectivity index (χ0v) is 9.01. The number of ether oxygens (including phenoxy) is 1. The molecule has 1 amide bonds. The predicted octanol–water partition coefficient (Wildman–Crippen LogP) is 0.697. The third kappa shape index (κ3) is 4.01. The van der Waals surface area contributed by atoms with Crippen LogP contribution in [0.15, 0.2) is 18.2 Å². The van der Waals surface area contributed by atoms with Crippen LogP contribution in [0.2, 0.25) is 0 Å². The average molecular weight is 236 g/mol. The number of rotatable bonds is 5. The molecule has 0 unspecified atom stereocenters. The van der Waals surface area contributed by atoms with Gasteiger partial charge in [0.15, 0.2) is 0 Å². The van der Waals surface area contributed by atoms with Crippen LogP contribution in [-0.2, 0) is 6.61 Å². The van der Waals surface area contributed by atoms with Crippen LogP contribution in [0.1, 0.15) is 11.1 Å². The van der Waals surface area contributed by atoms with Crippen molar-refractivity contribution >= 4 is 6.09 Å². The van der Waals surface area contributed by atoms with Crippen molar-refractivity contribution in [1.82, 2.24) is 5.32 Å². The Morgan fingerprint density at radius 1 is 1.53 bits per heavy atom. The fourth-order valence-electron chi connectivity index (χ4n) is 1.20. The summed E-state index contributed by atoms with van der Waals surface area (Å²) >= 11 is 0. The van der Waals surface area contributed by atoms with Crippen molar-refractivity contribution in [2.75, 3.05) is 13.2 Å². The Morgan fingerprint density at radius 2 is 2.29 bits per heavy atom. The monoisotopic (exact) mass is 236 g/mol. The first-order valence-corrected chi connectivity index (χ1v) is 4.91. The van der Waals surface area contributed by atoms with Crippen LogP contribution in [-0.4, -0.2) is 29.5 Å². The highest BCUT2D eigenvalue weighted by Gasteiger charge is 2.04. The molecule has 1 aromatic rings. The summed E-state index contributed by atoms with van der Waals surface area (Å²) in [5.74, 6) is 0.339. The normalized spacial score (nSPS) is 9.41. The van der Waals surface area contributed by atoms with E-state index >= 15 is 0 Å². The molecule has 1 aromatic carbocycles. The number of nitrogens with one attached hydrogen (secondary N) is 1. The van der Waals surface area contributed by atoms with Gasteiger partial charge < -0.3 is 20.3 Å². The zero-order chi connectivity index (χ0) is 12.7. The van der Waals surface area contributed by atoms with Gasteiger partial charge in [-0.1, -0.05) is 6.07 Å². The maximum atomic E-state index is 10.2. The van der Waals surface area contributed by atoms with Crippen molar-refractivity contribution in [3.05, 3.63) is 29.3 Å². The summed E-state index contributed by atoms with van der Waals surface area (Å²) in [5.41, 5.74) is 0.975. The summed E-state index contributed by atoms with van der Waals surface area (Å²) in [7, 11) is 0. The molecule has 1 rings (SSSR count). The maximum Gasteiger partial charge on any atom is 0.404 e. The highest BCUT2D eigenvalue weighted by molar-refractivity contribution is 5.64. The standard InChI is InChI=1S/C11H12N2O4/c12-6-9-2-1-8(7-14)5-10(9)17-4-3-13-11(15)16/h1-2,5,13-14H,3-4,7H2,(H,15,16). The van der Waals surface area contributed by atoms with Gasteiger partial charge in [0, 0.05) is 0 Å². The van der Waals surface area contributed by atoms with Crippen LogP contribution >= 0.6 is 0 Å². The number of amides is 1. The van der Waals surface area contributed by atoms with E-state index in [0.29, 0.717) is 16.9 Å². The first-order valence-electron chi connectivity index (χ1n) is 4.91. The molecule has 90 valence electrons. The van der Waals surface area contributed by atoms with Crippen LogP contribution in [0, 0.1) is 11.3 Å². The van der Waals surface area contributed by atoms with E-state index in [1.165, 1.54) is 0 Å². The third-order valence-corrected chi connectivity index (χ3v) is 1.98. The lowest BCUT2D eigenvalue weighted by molar-refractivity contribution is 0.191. The molecule has 3 N–H and O–H groups in total. The maximum absolute atomic E-state index is 10.2. The molecule has 0 saturated heterocycles. The molecule has 0 atom stereocenters. The Morgan fingerprint density at radius 3 is 2.88 bits per heavy atom.